The van der Waals surface area contributed by atoms with Crippen LogP contribution >= 0.6 is 0 Å². The molecule has 1 fully saturated rings. The third kappa shape index (κ3) is 3.33. The maximum absolute atomic E-state index is 11.8. The standard InChI is InChI=1S/C13H19N3O3/c1-16-8-9(7-15-16)3-2-6-14-12(17)10-4-5-11(10)13(18)19/h7-8,10-11H,2-6H2,1H3,(H,14,17)(H,18,19). The van der Waals surface area contributed by atoms with Gasteiger partial charge in [-0.2, -0.15) is 5.10 Å². The van der Waals surface area contributed by atoms with E-state index in [-0.39, 0.29) is 11.8 Å². The summed E-state index contributed by atoms with van der Waals surface area (Å²) in [6.07, 6.45) is 6.76. The maximum Gasteiger partial charge on any atom is 0.307 e. The molecule has 1 amide bonds. The second-order valence-corrected chi connectivity index (χ2v) is 5.05. The van der Waals surface area contributed by atoms with Crippen molar-refractivity contribution >= 4 is 11.9 Å². The Morgan fingerprint density at radius 2 is 2.21 bits per heavy atom. The molecule has 2 unspecified atom stereocenters. The van der Waals surface area contributed by atoms with Crippen molar-refractivity contribution in [3.63, 3.8) is 0 Å². The van der Waals surface area contributed by atoms with Gasteiger partial charge in [-0.3, -0.25) is 14.3 Å². The van der Waals surface area contributed by atoms with Gasteiger partial charge in [0, 0.05) is 19.8 Å². The molecule has 6 nitrogen and oxygen atoms in total. The van der Waals surface area contributed by atoms with Crippen LogP contribution in [-0.2, 0) is 23.1 Å². The van der Waals surface area contributed by atoms with Crippen LogP contribution in [0.15, 0.2) is 12.4 Å². The number of carboxylic acid groups (broad SMARTS) is 1. The lowest BCUT2D eigenvalue weighted by Crippen LogP contribution is -2.44. The first-order valence-corrected chi connectivity index (χ1v) is 6.56. The van der Waals surface area contributed by atoms with E-state index in [1.807, 2.05) is 19.4 Å². The molecule has 2 N–H and O–H groups in total. The number of rotatable bonds is 6. The molecule has 1 heterocycles. The zero-order valence-electron chi connectivity index (χ0n) is 11.0. The lowest BCUT2D eigenvalue weighted by molar-refractivity contribution is -0.152. The smallest absolute Gasteiger partial charge is 0.307 e. The minimum atomic E-state index is -0.859. The van der Waals surface area contributed by atoms with E-state index >= 15 is 0 Å². The molecule has 0 bridgehead atoms. The van der Waals surface area contributed by atoms with Gasteiger partial charge >= 0.3 is 5.97 Å². The van der Waals surface area contributed by atoms with Gasteiger partial charge in [0.25, 0.3) is 0 Å². The Hall–Kier alpha value is -1.85. The predicted octanol–water partition coefficient (Wildman–Crippen LogP) is 0.580. The number of carbonyl (C=O) groups is 2. The number of aromatic nitrogens is 2. The Morgan fingerprint density at radius 3 is 2.74 bits per heavy atom. The third-order valence-electron chi connectivity index (χ3n) is 3.63. The monoisotopic (exact) mass is 265 g/mol. The minimum Gasteiger partial charge on any atom is -0.481 e. The number of nitrogens with one attached hydrogen (secondary N) is 1. The van der Waals surface area contributed by atoms with Crippen molar-refractivity contribution in [3.05, 3.63) is 18.0 Å². The molecule has 1 aromatic rings. The number of aliphatic carboxylic acids is 1. The van der Waals surface area contributed by atoms with Gasteiger partial charge in [-0.25, -0.2) is 0 Å². The summed E-state index contributed by atoms with van der Waals surface area (Å²) >= 11 is 0. The zero-order chi connectivity index (χ0) is 13.8. The second kappa shape index (κ2) is 5.86. The first-order chi connectivity index (χ1) is 9.08. The molecule has 0 aliphatic heterocycles. The molecule has 0 saturated heterocycles. The Kier molecular flexibility index (Phi) is 4.19. The quantitative estimate of drug-likeness (QED) is 0.737. The molecule has 2 atom stereocenters. The molecule has 0 spiro atoms. The van der Waals surface area contributed by atoms with Crippen LogP contribution in [0.5, 0.6) is 0 Å². The van der Waals surface area contributed by atoms with Crippen LogP contribution in [0.1, 0.15) is 24.8 Å². The number of hydrogen-bond donors (Lipinski definition) is 2. The molecule has 1 aliphatic rings. The fourth-order valence-electron chi connectivity index (χ4n) is 2.35. The van der Waals surface area contributed by atoms with E-state index in [4.69, 9.17) is 5.11 Å². The van der Waals surface area contributed by atoms with E-state index in [0.717, 1.165) is 18.4 Å². The largest absolute Gasteiger partial charge is 0.481 e. The Labute approximate surface area is 111 Å². The molecular weight excluding hydrogens is 246 g/mol. The van der Waals surface area contributed by atoms with Gasteiger partial charge in [0.15, 0.2) is 0 Å². The highest BCUT2D eigenvalue weighted by Crippen LogP contribution is 2.34. The van der Waals surface area contributed by atoms with Crippen LogP contribution in [0.2, 0.25) is 0 Å². The molecule has 2 rings (SSSR count). The maximum atomic E-state index is 11.8. The lowest BCUT2D eigenvalue weighted by Gasteiger charge is -2.31. The summed E-state index contributed by atoms with van der Waals surface area (Å²) in [7, 11) is 1.87. The van der Waals surface area contributed by atoms with Gasteiger partial charge in [-0.05, 0) is 31.2 Å². The Morgan fingerprint density at radius 1 is 1.47 bits per heavy atom. The zero-order valence-corrected chi connectivity index (χ0v) is 11.0. The highest BCUT2D eigenvalue weighted by atomic mass is 16.4. The number of aryl methyl sites for hydroxylation is 2. The molecule has 6 heteroatoms. The van der Waals surface area contributed by atoms with Crippen molar-refractivity contribution in [2.45, 2.75) is 25.7 Å². The van der Waals surface area contributed by atoms with Crippen LogP contribution in [0, 0.1) is 11.8 Å². The Balaban J connectivity index is 1.66. The van der Waals surface area contributed by atoms with Crippen molar-refractivity contribution in [2.75, 3.05) is 6.54 Å². The van der Waals surface area contributed by atoms with Gasteiger partial charge in [0.2, 0.25) is 5.91 Å². The van der Waals surface area contributed by atoms with E-state index in [1.54, 1.807) is 4.68 Å². The molecule has 1 aromatic heterocycles. The van der Waals surface area contributed by atoms with Crippen molar-refractivity contribution in [3.8, 4) is 0 Å². The summed E-state index contributed by atoms with van der Waals surface area (Å²) in [4.78, 5) is 22.6. The third-order valence-corrected chi connectivity index (χ3v) is 3.63. The minimum absolute atomic E-state index is 0.121. The summed E-state index contributed by atoms with van der Waals surface area (Å²) in [5, 5.41) is 15.8. The SMILES string of the molecule is Cn1cc(CCCNC(=O)C2CCC2C(=O)O)cn1. The van der Waals surface area contributed by atoms with Crippen LogP contribution in [-0.4, -0.2) is 33.3 Å². The van der Waals surface area contributed by atoms with Gasteiger partial charge < -0.3 is 10.4 Å². The van der Waals surface area contributed by atoms with Crippen LogP contribution in [0.4, 0.5) is 0 Å². The highest BCUT2D eigenvalue weighted by molar-refractivity contribution is 5.86. The predicted molar refractivity (Wildman–Crippen MR) is 68.4 cm³/mol. The van der Waals surface area contributed by atoms with Crippen molar-refractivity contribution in [1.29, 1.82) is 0 Å². The molecule has 19 heavy (non-hydrogen) atoms. The average molecular weight is 265 g/mol. The molecule has 0 radical (unpaired) electrons. The molecular formula is C13H19N3O3. The number of carbonyl (C=O) groups excluding carboxylic acids is 1. The van der Waals surface area contributed by atoms with Gasteiger partial charge in [0.05, 0.1) is 18.0 Å². The normalized spacial score (nSPS) is 21.7. The van der Waals surface area contributed by atoms with Crippen LogP contribution < -0.4 is 5.32 Å². The van der Waals surface area contributed by atoms with Crippen molar-refractivity contribution in [2.24, 2.45) is 18.9 Å². The Bertz CT molecular complexity index is 469. The van der Waals surface area contributed by atoms with E-state index < -0.39 is 11.9 Å². The number of hydrogen-bond acceptors (Lipinski definition) is 3. The van der Waals surface area contributed by atoms with Crippen molar-refractivity contribution in [1.82, 2.24) is 15.1 Å². The van der Waals surface area contributed by atoms with E-state index in [2.05, 4.69) is 10.4 Å². The summed E-state index contributed by atoms with van der Waals surface area (Å²) in [6, 6.07) is 0. The summed E-state index contributed by atoms with van der Waals surface area (Å²) in [5.74, 6) is -1.80. The van der Waals surface area contributed by atoms with E-state index in [9.17, 15) is 9.59 Å². The molecule has 1 saturated carbocycles. The number of carboxylic acids is 1. The fourth-order valence-corrected chi connectivity index (χ4v) is 2.35. The fraction of sp³-hybridized carbons (Fsp3) is 0.615. The molecule has 1 aliphatic carbocycles. The lowest BCUT2D eigenvalue weighted by atomic mass is 9.73. The van der Waals surface area contributed by atoms with E-state index in [0.29, 0.717) is 19.4 Å². The summed E-state index contributed by atoms with van der Waals surface area (Å²) in [5.41, 5.74) is 1.14. The first-order valence-electron chi connectivity index (χ1n) is 6.56. The molecule has 104 valence electrons. The average Bonchev–Trinajstić information content (AvgIpc) is 2.68. The second-order valence-electron chi connectivity index (χ2n) is 5.05. The first kappa shape index (κ1) is 13.6. The van der Waals surface area contributed by atoms with Crippen LogP contribution in [0.3, 0.4) is 0 Å². The van der Waals surface area contributed by atoms with Gasteiger partial charge in [-0.15, -0.1) is 0 Å². The highest BCUT2D eigenvalue weighted by Gasteiger charge is 2.41. The summed E-state index contributed by atoms with van der Waals surface area (Å²) in [6.45, 7) is 0.580. The van der Waals surface area contributed by atoms with E-state index in [1.165, 1.54) is 0 Å². The van der Waals surface area contributed by atoms with Crippen molar-refractivity contribution < 1.29 is 14.7 Å². The number of nitrogens with zero attached hydrogens (tertiary/aromatic N) is 2. The van der Waals surface area contributed by atoms with Gasteiger partial charge in [0.1, 0.15) is 0 Å². The molecule has 0 aromatic carbocycles. The number of amides is 1. The van der Waals surface area contributed by atoms with Gasteiger partial charge in [-0.1, -0.05) is 0 Å². The summed E-state index contributed by atoms with van der Waals surface area (Å²) < 4.78 is 1.75. The van der Waals surface area contributed by atoms with Crippen LogP contribution in [0.25, 0.3) is 0 Å². The topological polar surface area (TPSA) is 84.2 Å².